The van der Waals surface area contributed by atoms with Crippen LogP contribution in [0.1, 0.15) is 24.2 Å². The Hall–Kier alpha value is -0.980. The Morgan fingerprint density at radius 3 is 2.59 bits per heavy atom. The number of aromatic hydroxyl groups is 2. The summed E-state index contributed by atoms with van der Waals surface area (Å²) in [6.45, 7) is 4.04. The molecule has 1 amide bonds. The second-order valence-corrected chi connectivity index (χ2v) is 5.03. The zero-order valence-corrected chi connectivity index (χ0v) is 11.9. The zero-order chi connectivity index (χ0) is 13.0. The largest absolute Gasteiger partial charge is 0.504 e. The van der Waals surface area contributed by atoms with E-state index < -0.39 is 0 Å². The van der Waals surface area contributed by atoms with Crippen molar-refractivity contribution < 1.29 is 15.0 Å². The van der Waals surface area contributed by atoms with E-state index >= 15 is 0 Å². The van der Waals surface area contributed by atoms with Gasteiger partial charge in [-0.3, -0.25) is 4.79 Å². The van der Waals surface area contributed by atoms with Crippen molar-refractivity contribution in [3.05, 3.63) is 23.8 Å². The normalized spacial score (nSPS) is 12.5. The number of hydrogen-bond donors (Lipinski definition) is 3. The van der Waals surface area contributed by atoms with Gasteiger partial charge in [-0.25, -0.2) is 0 Å². The summed E-state index contributed by atoms with van der Waals surface area (Å²) in [6, 6.07) is 4.39. The number of amides is 1. The van der Waals surface area contributed by atoms with Gasteiger partial charge in [0.1, 0.15) is 0 Å². The molecule has 0 heterocycles. The van der Waals surface area contributed by atoms with Gasteiger partial charge in [0.15, 0.2) is 11.5 Å². The molecule has 1 rings (SSSR count). The lowest BCUT2D eigenvalue weighted by Crippen LogP contribution is -2.39. The molecule has 0 aromatic heterocycles. The van der Waals surface area contributed by atoms with Crippen molar-refractivity contribution in [1.29, 1.82) is 0 Å². The number of benzene rings is 1. The fourth-order valence-corrected chi connectivity index (χ4v) is 2.58. The highest BCUT2D eigenvalue weighted by atomic mass is 127. The number of para-hydroxylation sites is 1. The van der Waals surface area contributed by atoms with E-state index in [9.17, 15) is 15.0 Å². The van der Waals surface area contributed by atoms with E-state index in [1.54, 1.807) is 0 Å². The van der Waals surface area contributed by atoms with E-state index in [4.69, 9.17) is 0 Å². The molecule has 5 heteroatoms. The Labute approximate surface area is 114 Å². The molecular weight excluding hydrogens is 333 g/mol. The van der Waals surface area contributed by atoms with Crippen LogP contribution in [0.2, 0.25) is 0 Å². The van der Waals surface area contributed by atoms with Crippen LogP contribution in [0.5, 0.6) is 11.5 Å². The first-order valence-corrected chi connectivity index (χ1v) is 6.87. The molecule has 1 unspecified atom stereocenters. The molecule has 94 valence electrons. The van der Waals surface area contributed by atoms with E-state index in [1.807, 2.05) is 13.8 Å². The molecular formula is C12H16INO3. The Morgan fingerprint density at radius 1 is 1.41 bits per heavy atom. The van der Waals surface area contributed by atoms with Gasteiger partial charge in [-0.05, 0) is 18.1 Å². The molecule has 17 heavy (non-hydrogen) atoms. The topological polar surface area (TPSA) is 69.6 Å². The standard InChI is InChI=1S/C12H16INO3/c1-7(2)9(6-13)14-12(17)8-4-3-5-10(15)11(8)16/h3-5,7,9,15-16H,6H2,1-2H3,(H,14,17). The fourth-order valence-electron chi connectivity index (χ4n) is 1.34. The minimum Gasteiger partial charge on any atom is -0.504 e. The van der Waals surface area contributed by atoms with Crippen molar-refractivity contribution in [2.24, 2.45) is 5.92 Å². The fraction of sp³-hybridized carbons (Fsp3) is 0.417. The highest BCUT2D eigenvalue weighted by Crippen LogP contribution is 2.28. The van der Waals surface area contributed by atoms with E-state index in [0.717, 1.165) is 4.43 Å². The number of phenols is 2. The minimum atomic E-state index is -0.374. The zero-order valence-electron chi connectivity index (χ0n) is 9.77. The molecule has 4 nitrogen and oxygen atoms in total. The van der Waals surface area contributed by atoms with Crippen molar-refractivity contribution in [3.63, 3.8) is 0 Å². The summed E-state index contributed by atoms with van der Waals surface area (Å²) in [5.74, 6) is -0.710. The van der Waals surface area contributed by atoms with Crippen LogP contribution >= 0.6 is 22.6 Å². The molecule has 0 aliphatic carbocycles. The third-order valence-electron chi connectivity index (χ3n) is 2.55. The highest BCUT2D eigenvalue weighted by molar-refractivity contribution is 14.1. The van der Waals surface area contributed by atoms with Gasteiger partial charge < -0.3 is 15.5 Å². The molecule has 0 radical (unpaired) electrons. The van der Waals surface area contributed by atoms with Crippen LogP contribution in [0.15, 0.2) is 18.2 Å². The maximum absolute atomic E-state index is 11.9. The molecule has 0 saturated carbocycles. The molecule has 3 N–H and O–H groups in total. The number of carbonyl (C=O) groups is 1. The average molecular weight is 349 g/mol. The van der Waals surface area contributed by atoms with Crippen LogP contribution in [0.25, 0.3) is 0 Å². The van der Waals surface area contributed by atoms with Gasteiger partial charge in [-0.2, -0.15) is 0 Å². The number of alkyl halides is 1. The van der Waals surface area contributed by atoms with Gasteiger partial charge in [0.2, 0.25) is 0 Å². The second kappa shape index (κ2) is 6.09. The summed E-state index contributed by atoms with van der Waals surface area (Å²) in [4.78, 5) is 11.9. The Kier molecular flexibility index (Phi) is 5.04. The first-order chi connectivity index (χ1) is 7.97. The van der Waals surface area contributed by atoms with Gasteiger partial charge in [-0.15, -0.1) is 0 Å². The SMILES string of the molecule is CC(C)C(CI)NC(=O)c1cccc(O)c1O. The smallest absolute Gasteiger partial charge is 0.255 e. The minimum absolute atomic E-state index is 0.0462. The molecule has 1 aromatic carbocycles. The summed E-state index contributed by atoms with van der Waals surface area (Å²) in [6.07, 6.45) is 0. The highest BCUT2D eigenvalue weighted by Gasteiger charge is 2.19. The lowest BCUT2D eigenvalue weighted by atomic mass is 10.1. The van der Waals surface area contributed by atoms with Crippen LogP contribution < -0.4 is 5.32 Å². The third-order valence-corrected chi connectivity index (χ3v) is 3.50. The molecule has 0 fully saturated rings. The van der Waals surface area contributed by atoms with E-state index in [1.165, 1.54) is 18.2 Å². The summed E-state index contributed by atoms with van der Waals surface area (Å²) < 4.78 is 0.792. The van der Waals surface area contributed by atoms with Gasteiger partial charge in [0.05, 0.1) is 5.56 Å². The van der Waals surface area contributed by atoms with E-state index in [0.29, 0.717) is 5.92 Å². The van der Waals surface area contributed by atoms with Gasteiger partial charge in [0.25, 0.3) is 5.91 Å². The molecule has 1 aromatic rings. The monoisotopic (exact) mass is 349 g/mol. The first kappa shape index (κ1) is 14.1. The number of rotatable bonds is 4. The van der Waals surface area contributed by atoms with Crippen LogP contribution in [0.4, 0.5) is 0 Å². The van der Waals surface area contributed by atoms with Gasteiger partial charge >= 0.3 is 0 Å². The maximum atomic E-state index is 11.9. The quantitative estimate of drug-likeness (QED) is 0.444. The van der Waals surface area contributed by atoms with Crippen molar-refractivity contribution >= 4 is 28.5 Å². The third kappa shape index (κ3) is 3.49. The van der Waals surface area contributed by atoms with Crippen LogP contribution in [0, 0.1) is 5.92 Å². The van der Waals surface area contributed by atoms with E-state index in [-0.39, 0.29) is 29.0 Å². The van der Waals surface area contributed by atoms with Gasteiger partial charge in [0, 0.05) is 10.5 Å². The van der Waals surface area contributed by atoms with Crippen molar-refractivity contribution in [3.8, 4) is 11.5 Å². The Morgan fingerprint density at radius 2 is 2.06 bits per heavy atom. The molecule has 0 bridgehead atoms. The average Bonchev–Trinajstić information content (AvgIpc) is 2.28. The molecule has 0 aliphatic heterocycles. The van der Waals surface area contributed by atoms with E-state index in [2.05, 4.69) is 27.9 Å². The number of nitrogens with one attached hydrogen (secondary N) is 1. The summed E-state index contributed by atoms with van der Waals surface area (Å²) >= 11 is 2.21. The molecule has 0 aliphatic rings. The predicted octanol–water partition coefficient (Wildman–Crippen LogP) is 2.29. The molecule has 0 saturated heterocycles. The molecule has 0 spiro atoms. The lowest BCUT2D eigenvalue weighted by Gasteiger charge is -2.20. The summed E-state index contributed by atoms with van der Waals surface area (Å²) in [7, 11) is 0. The summed E-state index contributed by atoms with van der Waals surface area (Å²) in [5, 5.41) is 21.7. The van der Waals surface area contributed by atoms with Crippen LogP contribution in [-0.4, -0.2) is 26.6 Å². The number of phenolic OH excluding ortho intramolecular Hbond substituents is 2. The van der Waals surface area contributed by atoms with Crippen molar-refractivity contribution in [2.75, 3.05) is 4.43 Å². The molecule has 1 atom stereocenters. The first-order valence-electron chi connectivity index (χ1n) is 5.35. The number of carbonyl (C=O) groups excluding carboxylic acids is 1. The van der Waals surface area contributed by atoms with Crippen molar-refractivity contribution in [1.82, 2.24) is 5.32 Å². The number of halogens is 1. The maximum Gasteiger partial charge on any atom is 0.255 e. The number of hydrogen-bond acceptors (Lipinski definition) is 3. The Balaban J connectivity index is 2.86. The predicted molar refractivity (Wildman–Crippen MR) is 74.8 cm³/mol. The van der Waals surface area contributed by atoms with Crippen LogP contribution in [-0.2, 0) is 0 Å². The van der Waals surface area contributed by atoms with Crippen LogP contribution in [0.3, 0.4) is 0 Å². The summed E-state index contributed by atoms with van der Waals surface area (Å²) in [5.41, 5.74) is 0.0977. The lowest BCUT2D eigenvalue weighted by molar-refractivity contribution is 0.0929. The second-order valence-electron chi connectivity index (χ2n) is 4.15. The Bertz CT molecular complexity index is 407. The van der Waals surface area contributed by atoms with Crippen molar-refractivity contribution in [2.45, 2.75) is 19.9 Å². The van der Waals surface area contributed by atoms with Gasteiger partial charge in [-0.1, -0.05) is 42.5 Å².